The molecule has 2 rings (SSSR count). The predicted molar refractivity (Wildman–Crippen MR) is 163 cm³/mol. The molecule has 0 saturated heterocycles. The second-order valence-corrected chi connectivity index (χ2v) is 13.4. The largest absolute Gasteiger partial charge is 0.511 e. The van der Waals surface area contributed by atoms with Gasteiger partial charge in [0.05, 0.1) is 12.0 Å². The molecule has 1 saturated carbocycles. The van der Waals surface area contributed by atoms with Crippen molar-refractivity contribution in [1.82, 2.24) is 0 Å². The first-order valence-corrected chi connectivity index (χ1v) is 14.8. The summed E-state index contributed by atoms with van der Waals surface area (Å²) in [6.07, 6.45) is 10.3. The highest BCUT2D eigenvalue weighted by Gasteiger charge is 2.75. The summed E-state index contributed by atoms with van der Waals surface area (Å²) in [6.45, 7) is 19.1. The van der Waals surface area contributed by atoms with Crippen LogP contribution in [0.1, 0.15) is 108 Å². The fraction of sp³-hybridized carbons (Fsp3) is 0.629. The molecule has 4 atom stereocenters. The standard InChI is InChI=1S/C35H52O5/c1-22(2)13-15-27-20-34(19-17-24(5)6)30(38)28(16-14-23(3)4)31(39)35(32(34)40,29(37)25(7)8)33(27,10)18-11-12-26(9)21-36/h12-14,17,25,27,36,38H,11,15-16,18-21H2,1-10H3. The van der Waals surface area contributed by atoms with Gasteiger partial charge in [-0.1, -0.05) is 67.4 Å². The lowest BCUT2D eigenvalue weighted by atomic mass is 9.38. The van der Waals surface area contributed by atoms with E-state index >= 15 is 4.79 Å². The first-order valence-electron chi connectivity index (χ1n) is 14.8. The topological polar surface area (TPSA) is 91.7 Å². The Balaban J connectivity index is 3.07. The molecule has 2 aliphatic carbocycles. The quantitative estimate of drug-likeness (QED) is 0.189. The smallest absolute Gasteiger partial charge is 0.184 e. The molecule has 0 aromatic rings. The molecule has 2 N–H and O–H groups in total. The van der Waals surface area contributed by atoms with Crippen LogP contribution in [0.4, 0.5) is 0 Å². The highest BCUT2D eigenvalue weighted by molar-refractivity contribution is 6.33. The van der Waals surface area contributed by atoms with E-state index in [9.17, 15) is 19.8 Å². The number of aliphatic hydroxyl groups excluding tert-OH is 2. The lowest BCUT2D eigenvalue weighted by Crippen LogP contribution is -2.71. The fourth-order valence-electron chi connectivity index (χ4n) is 6.73. The van der Waals surface area contributed by atoms with Crippen molar-refractivity contribution in [2.45, 2.75) is 108 Å². The number of hydrogen-bond donors (Lipinski definition) is 2. The van der Waals surface area contributed by atoms with Crippen molar-refractivity contribution in [2.24, 2.45) is 28.1 Å². The summed E-state index contributed by atoms with van der Waals surface area (Å²) in [5.41, 5.74) is -0.0745. The van der Waals surface area contributed by atoms with Gasteiger partial charge in [-0.25, -0.2) is 0 Å². The van der Waals surface area contributed by atoms with Gasteiger partial charge in [-0.2, -0.15) is 0 Å². The van der Waals surface area contributed by atoms with Crippen LogP contribution in [0.3, 0.4) is 0 Å². The van der Waals surface area contributed by atoms with Crippen LogP contribution in [0.15, 0.2) is 57.9 Å². The zero-order valence-electron chi connectivity index (χ0n) is 26.5. The summed E-state index contributed by atoms with van der Waals surface area (Å²) in [5.74, 6) is -2.20. The number of carbonyl (C=O) groups excluding carboxylic acids is 3. The third kappa shape index (κ3) is 5.91. The highest BCUT2D eigenvalue weighted by Crippen LogP contribution is 2.67. The molecule has 4 unspecified atom stereocenters. The number of rotatable bonds is 12. The van der Waals surface area contributed by atoms with Gasteiger partial charge in [0.25, 0.3) is 0 Å². The van der Waals surface area contributed by atoms with E-state index in [2.05, 4.69) is 6.08 Å². The Labute approximate surface area is 242 Å². The molecule has 2 aliphatic rings. The number of fused-ring (bicyclic) bond motifs is 2. The van der Waals surface area contributed by atoms with Gasteiger partial charge >= 0.3 is 0 Å². The van der Waals surface area contributed by atoms with Crippen molar-refractivity contribution >= 4 is 17.3 Å². The lowest BCUT2D eigenvalue weighted by molar-refractivity contribution is -0.180. The van der Waals surface area contributed by atoms with E-state index < -0.39 is 33.7 Å². The summed E-state index contributed by atoms with van der Waals surface area (Å²) < 4.78 is 0. The van der Waals surface area contributed by atoms with Crippen molar-refractivity contribution in [1.29, 1.82) is 0 Å². The number of Topliss-reactive ketones (excluding diaryl/α,β-unsaturated/α-hetero) is 3. The Morgan fingerprint density at radius 3 is 2.02 bits per heavy atom. The van der Waals surface area contributed by atoms with E-state index in [1.54, 1.807) is 13.8 Å². The SMILES string of the molecule is CC(C)=CCC1=C(O)C2(CC=C(C)C)CC(CC=C(C)C)C(C)(CCC=C(C)CO)C(C(=O)C(C)C)(C1=O)C2=O. The molecule has 0 aliphatic heterocycles. The third-order valence-electron chi connectivity index (χ3n) is 9.17. The molecule has 0 aromatic heterocycles. The summed E-state index contributed by atoms with van der Waals surface area (Å²) >= 11 is 0. The van der Waals surface area contributed by atoms with Gasteiger partial charge in [-0.3, -0.25) is 14.4 Å². The Kier molecular flexibility index (Phi) is 10.9. The monoisotopic (exact) mass is 552 g/mol. The van der Waals surface area contributed by atoms with E-state index in [-0.39, 0.29) is 42.5 Å². The van der Waals surface area contributed by atoms with Crippen molar-refractivity contribution in [2.75, 3.05) is 6.61 Å². The highest BCUT2D eigenvalue weighted by atomic mass is 16.3. The molecule has 0 amide bonds. The molecular weight excluding hydrogens is 500 g/mol. The normalized spacial score (nSPS) is 28.5. The van der Waals surface area contributed by atoms with Gasteiger partial charge in [0.2, 0.25) is 0 Å². The summed E-state index contributed by atoms with van der Waals surface area (Å²) in [4.78, 5) is 44.3. The number of ketones is 3. The van der Waals surface area contributed by atoms with Gasteiger partial charge in [-0.05, 0) is 98.3 Å². The molecule has 0 spiro atoms. The maximum absolute atomic E-state index is 15.0. The van der Waals surface area contributed by atoms with Crippen LogP contribution in [0.5, 0.6) is 0 Å². The first-order chi connectivity index (χ1) is 18.5. The van der Waals surface area contributed by atoms with Gasteiger partial charge in [0, 0.05) is 11.5 Å². The molecule has 0 heterocycles. The summed E-state index contributed by atoms with van der Waals surface area (Å²) in [7, 11) is 0. The second kappa shape index (κ2) is 13.0. The molecule has 5 heteroatoms. The molecule has 0 aromatic carbocycles. The van der Waals surface area contributed by atoms with Crippen LogP contribution in [0, 0.1) is 28.1 Å². The van der Waals surface area contributed by atoms with Crippen LogP contribution >= 0.6 is 0 Å². The summed E-state index contributed by atoms with van der Waals surface area (Å²) in [6, 6.07) is 0. The van der Waals surface area contributed by atoms with Crippen LogP contribution in [0.25, 0.3) is 0 Å². The van der Waals surface area contributed by atoms with Crippen molar-refractivity contribution < 1.29 is 24.6 Å². The zero-order chi connectivity index (χ0) is 30.6. The Hall–Kier alpha value is -2.53. The van der Waals surface area contributed by atoms with Crippen molar-refractivity contribution in [3.63, 3.8) is 0 Å². The van der Waals surface area contributed by atoms with Crippen LogP contribution in [-0.4, -0.2) is 34.2 Å². The maximum Gasteiger partial charge on any atom is 0.184 e. The van der Waals surface area contributed by atoms with Gasteiger partial charge in [0.15, 0.2) is 22.8 Å². The minimum absolute atomic E-state index is 0.0683. The number of hydrogen-bond acceptors (Lipinski definition) is 5. The predicted octanol–water partition coefficient (Wildman–Crippen LogP) is 7.96. The fourth-order valence-corrected chi connectivity index (χ4v) is 6.73. The van der Waals surface area contributed by atoms with Crippen molar-refractivity contribution in [3.8, 4) is 0 Å². The first kappa shape index (κ1) is 33.7. The van der Waals surface area contributed by atoms with Crippen LogP contribution < -0.4 is 0 Å². The number of allylic oxidation sites excluding steroid dienone is 9. The van der Waals surface area contributed by atoms with E-state index in [1.165, 1.54) is 0 Å². The molecule has 1 fully saturated rings. The average Bonchev–Trinajstić information content (AvgIpc) is 2.86. The maximum atomic E-state index is 15.0. The lowest BCUT2D eigenvalue weighted by Gasteiger charge is -2.61. The number of carbonyl (C=O) groups is 3. The summed E-state index contributed by atoms with van der Waals surface area (Å²) in [5, 5.41) is 21.5. The Morgan fingerprint density at radius 1 is 0.950 bits per heavy atom. The Morgan fingerprint density at radius 2 is 1.52 bits per heavy atom. The number of aliphatic hydroxyl groups is 2. The van der Waals surface area contributed by atoms with Crippen LogP contribution in [0.2, 0.25) is 0 Å². The van der Waals surface area contributed by atoms with E-state index in [1.807, 2.05) is 73.6 Å². The third-order valence-corrected chi connectivity index (χ3v) is 9.17. The minimum atomic E-state index is -1.90. The van der Waals surface area contributed by atoms with E-state index in [4.69, 9.17) is 0 Å². The zero-order valence-corrected chi connectivity index (χ0v) is 26.5. The van der Waals surface area contributed by atoms with Gasteiger partial charge < -0.3 is 10.2 Å². The molecule has 40 heavy (non-hydrogen) atoms. The van der Waals surface area contributed by atoms with Gasteiger partial charge in [0.1, 0.15) is 5.76 Å². The molecular formula is C35H52O5. The Bertz CT molecular complexity index is 1160. The molecule has 222 valence electrons. The van der Waals surface area contributed by atoms with Gasteiger partial charge in [-0.15, -0.1) is 0 Å². The van der Waals surface area contributed by atoms with Crippen molar-refractivity contribution in [3.05, 3.63) is 57.9 Å². The second-order valence-electron chi connectivity index (χ2n) is 13.4. The molecule has 0 radical (unpaired) electrons. The minimum Gasteiger partial charge on any atom is -0.511 e. The van der Waals surface area contributed by atoms with E-state index in [0.717, 1.165) is 22.3 Å². The molecule has 2 bridgehead atoms. The van der Waals surface area contributed by atoms with Crippen LogP contribution in [-0.2, 0) is 14.4 Å². The molecule has 5 nitrogen and oxygen atoms in total. The van der Waals surface area contributed by atoms with E-state index in [0.29, 0.717) is 25.7 Å². The average molecular weight is 553 g/mol.